The molecule has 6 heteroatoms. The first-order chi connectivity index (χ1) is 13.2. The number of nitrogens with zero attached hydrogens (tertiary/aromatic N) is 1. The normalized spacial score (nSPS) is 16.5. The zero-order valence-corrected chi connectivity index (χ0v) is 15.4. The molecule has 27 heavy (non-hydrogen) atoms. The number of carbonyl (C=O) groups is 2. The van der Waals surface area contributed by atoms with Gasteiger partial charge in [0.2, 0.25) is 5.12 Å². The Kier molecular flexibility index (Phi) is 5.07. The van der Waals surface area contributed by atoms with Gasteiger partial charge in [0.15, 0.2) is 0 Å². The first-order valence-corrected chi connectivity index (χ1v) is 9.58. The summed E-state index contributed by atoms with van der Waals surface area (Å²) in [4.78, 5) is 27.5. The number of pyridine rings is 1. The zero-order chi connectivity index (χ0) is 18.6. The second kappa shape index (κ2) is 7.80. The third-order valence-corrected chi connectivity index (χ3v) is 5.21. The molecule has 4 rings (SSSR count). The van der Waals surface area contributed by atoms with Crippen molar-refractivity contribution in [2.24, 2.45) is 0 Å². The molecule has 136 valence electrons. The number of nitrogens with one attached hydrogen (secondary N) is 1. The van der Waals surface area contributed by atoms with E-state index in [1.807, 2.05) is 54.6 Å². The van der Waals surface area contributed by atoms with Crippen LogP contribution in [0.4, 0.5) is 4.79 Å². The standard InChI is InChI=1S/C21H18N2O3S/c24-20-19(23-21(25)27-20)13-14-5-9-17(10-6-14)26-12-11-16-8-7-15-3-1-2-4-18(15)22-16/h1-10,19H,11-13H2,(H,23,25). The number of hydrogen-bond acceptors (Lipinski definition) is 5. The number of thioether (sulfide) groups is 1. The van der Waals surface area contributed by atoms with E-state index in [2.05, 4.69) is 16.4 Å². The van der Waals surface area contributed by atoms with Crippen LogP contribution in [0, 0.1) is 0 Å². The fraction of sp³-hybridized carbons (Fsp3) is 0.190. The van der Waals surface area contributed by atoms with Gasteiger partial charge in [0.25, 0.3) is 5.24 Å². The number of aromatic nitrogens is 1. The minimum atomic E-state index is -0.437. The number of hydrogen-bond donors (Lipinski definition) is 1. The Hall–Kier alpha value is -2.86. The van der Waals surface area contributed by atoms with E-state index in [1.165, 1.54) is 0 Å². The molecular formula is C21H18N2O3S. The van der Waals surface area contributed by atoms with Gasteiger partial charge in [-0.2, -0.15) is 0 Å². The summed E-state index contributed by atoms with van der Waals surface area (Å²) in [5.41, 5.74) is 2.98. The molecule has 2 heterocycles. The minimum absolute atomic E-state index is 0.122. The highest BCUT2D eigenvalue weighted by Gasteiger charge is 2.31. The van der Waals surface area contributed by atoms with Crippen LogP contribution in [0.5, 0.6) is 5.75 Å². The molecule has 5 nitrogen and oxygen atoms in total. The van der Waals surface area contributed by atoms with E-state index in [9.17, 15) is 9.59 Å². The van der Waals surface area contributed by atoms with Gasteiger partial charge in [0.1, 0.15) is 11.8 Å². The van der Waals surface area contributed by atoms with Gasteiger partial charge in [-0.15, -0.1) is 0 Å². The van der Waals surface area contributed by atoms with Crippen molar-refractivity contribution >= 4 is 33.0 Å². The Morgan fingerprint density at radius 1 is 1.00 bits per heavy atom. The molecule has 0 bridgehead atoms. The molecular weight excluding hydrogens is 360 g/mol. The number of benzene rings is 2. The highest BCUT2D eigenvalue weighted by atomic mass is 32.2. The largest absolute Gasteiger partial charge is 0.493 e. The van der Waals surface area contributed by atoms with Crippen molar-refractivity contribution in [3.63, 3.8) is 0 Å². The van der Waals surface area contributed by atoms with Crippen molar-refractivity contribution < 1.29 is 14.3 Å². The van der Waals surface area contributed by atoms with Crippen LogP contribution in [-0.2, 0) is 17.6 Å². The summed E-state index contributed by atoms with van der Waals surface area (Å²) in [6.45, 7) is 0.540. The summed E-state index contributed by atoms with van der Waals surface area (Å²) >= 11 is 0.741. The average molecular weight is 378 g/mol. The Morgan fingerprint density at radius 3 is 2.59 bits per heavy atom. The molecule has 1 aliphatic heterocycles. The first kappa shape index (κ1) is 17.5. The van der Waals surface area contributed by atoms with Crippen molar-refractivity contribution in [2.75, 3.05) is 6.61 Å². The topological polar surface area (TPSA) is 68.3 Å². The Bertz CT molecular complexity index is 988. The molecule has 1 saturated heterocycles. The van der Waals surface area contributed by atoms with Crippen LogP contribution in [0.2, 0.25) is 0 Å². The van der Waals surface area contributed by atoms with E-state index in [1.54, 1.807) is 0 Å². The maximum absolute atomic E-state index is 11.7. The third-order valence-electron chi connectivity index (χ3n) is 4.42. The van der Waals surface area contributed by atoms with Crippen LogP contribution in [0.25, 0.3) is 10.9 Å². The highest BCUT2D eigenvalue weighted by Crippen LogP contribution is 2.20. The minimum Gasteiger partial charge on any atom is -0.493 e. The third kappa shape index (κ3) is 4.28. The molecule has 1 N–H and O–H groups in total. The molecule has 0 saturated carbocycles. The molecule has 0 spiro atoms. The molecule has 1 fully saturated rings. The lowest BCUT2D eigenvalue weighted by atomic mass is 10.1. The maximum Gasteiger partial charge on any atom is 0.287 e. The van der Waals surface area contributed by atoms with E-state index in [4.69, 9.17) is 4.74 Å². The predicted molar refractivity (Wildman–Crippen MR) is 106 cm³/mol. The van der Waals surface area contributed by atoms with Crippen LogP contribution in [0.3, 0.4) is 0 Å². The molecule has 1 aromatic heterocycles. The van der Waals surface area contributed by atoms with Gasteiger partial charge >= 0.3 is 0 Å². The van der Waals surface area contributed by atoms with Crippen LogP contribution in [0.1, 0.15) is 11.3 Å². The van der Waals surface area contributed by atoms with Crippen molar-refractivity contribution in [3.05, 3.63) is 71.9 Å². The summed E-state index contributed by atoms with van der Waals surface area (Å²) < 4.78 is 5.80. The Labute approximate surface area is 161 Å². The van der Waals surface area contributed by atoms with Gasteiger partial charge in [-0.05, 0) is 29.8 Å². The summed E-state index contributed by atoms with van der Waals surface area (Å²) in [7, 11) is 0. The van der Waals surface area contributed by atoms with E-state index < -0.39 is 6.04 Å². The zero-order valence-electron chi connectivity index (χ0n) is 14.6. The van der Waals surface area contributed by atoms with Crippen molar-refractivity contribution in [1.82, 2.24) is 10.3 Å². The molecule has 1 atom stereocenters. The van der Waals surface area contributed by atoms with Crippen LogP contribution in [0.15, 0.2) is 60.7 Å². The predicted octanol–water partition coefficient (Wildman–Crippen LogP) is 3.75. The molecule has 0 radical (unpaired) electrons. The smallest absolute Gasteiger partial charge is 0.287 e. The molecule has 1 aliphatic rings. The van der Waals surface area contributed by atoms with Crippen molar-refractivity contribution in [1.29, 1.82) is 0 Å². The SMILES string of the molecule is O=C1NC(Cc2ccc(OCCc3ccc4ccccc4n3)cc2)C(=O)S1. The van der Waals surface area contributed by atoms with Gasteiger partial charge in [-0.1, -0.05) is 36.4 Å². The van der Waals surface area contributed by atoms with E-state index >= 15 is 0 Å². The monoisotopic (exact) mass is 378 g/mol. The number of rotatable bonds is 6. The first-order valence-electron chi connectivity index (χ1n) is 8.76. The average Bonchev–Trinajstić information content (AvgIpc) is 3.00. The highest BCUT2D eigenvalue weighted by molar-refractivity contribution is 8.26. The van der Waals surface area contributed by atoms with Crippen LogP contribution < -0.4 is 10.1 Å². The summed E-state index contributed by atoms with van der Waals surface area (Å²) in [5, 5.41) is 3.41. The molecule has 0 aliphatic carbocycles. The molecule has 1 unspecified atom stereocenters. The fourth-order valence-corrected chi connectivity index (χ4v) is 3.67. The number of para-hydroxylation sites is 1. The lowest BCUT2D eigenvalue weighted by Gasteiger charge is -2.10. The van der Waals surface area contributed by atoms with E-state index in [0.717, 1.165) is 46.1 Å². The lowest BCUT2D eigenvalue weighted by molar-refractivity contribution is -0.112. The van der Waals surface area contributed by atoms with Gasteiger partial charge in [0.05, 0.1) is 12.1 Å². The fourth-order valence-electron chi connectivity index (χ4n) is 3.01. The maximum atomic E-state index is 11.7. The number of carbonyl (C=O) groups excluding carboxylic acids is 2. The Balaban J connectivity index is 1.30. The second-order valence-electron chi connectivity index (χ2n) is 6.35. The second-order valence-corrected chi connectivity index (χ2v) is 7.32. The van der Waals surface area contributed by atoms with Crippen LogP contribution >= 0.6 is 11.8 Å². The van der Waals surface area contributed by atoms with Gasteiger partial charge in [-0.25, -0.2) is 0 Å². The van der Waals surface area contributed by atoms with Gasteiger partial charge in [-0.3, -0.25) is 14.6 Å². The van der Waals surface area contributed by atoms with Crippen LogP contribution in [-0.4, -0.2) is 28.0 Å². The van der Waals surface area contributed by atoms with Gasteiger partial charge < -0.3 is 10.1 Å². The molecule has 1 amide bonds. The Morgan fingerprint density at radius 2 is 1.81 bits per heavy atom. The summed E-state index contributed by atoms with van der Waals surface area (Å²) in [6, 6.07) is 19.3. The van der Waals surface area contributed by atoms with Crippen molar-refractivity contribution in [3.8, 4) is 5.75 Å². The number of amides is 1. The van der Waals surface area contributed by atoms with E-state index in [-0.39, 0.29) is 10.4 Å². The number of ether oxygens (including phenoxy) is 1. The summed E-state index contributed by atoms with van der Waals surface area (Å²) in [6.07, 6.45) is 1.23. The quantitative estimate of drug-likeness (QED) is 0.707. The lowest BCUT2D eigenvalue weighted by Crippen LogP contribution is -2.30. The van der Waals surface area contributed by atoms with Gasteiger partial charge in [0, 0.05) is 35.7 Å². The number of fused-ring (bicyclic) bond motifs is 1. The molecule has 2 aromatic carbocycles. The summed E-state index contributed by atoms with van der Waals surface area (Å²) in [5.74, 6) is 0.774. The molecule has 3 aromatic rings. The van der Waals surface area contributed by atoms with Crippen molar-refractivity contribution in [2.45, 2.75) is 18.9 Å². The van der Waals surface area contributed by atoms with E-state index in [0.29, 0.717) is 13.0 Å².